The van der Waals surface area contributed by atoms with Gasteiger partial charge in [0.1, 0.15) is 0 Å². The van der Waals surface area contributed by atoms with Gasteiger partial charge < -0.3 is 5.32 Å². The van der Waals surface area contributed by atoms with Gasteiger partial charge in [-0.25, -0.2) is 0 Å². The lowest BCUT2D eigenvalue weighted by molar-refractivity contribution is 0.103. The lowest BCUT2D eigenvalue weighted by Crippen LogP contribution is -2.10. The lowest BCUT2D eigenvalue weighted by Gasteiger charge is -2.06. The first kappa shape index (κ1) is 18.4. The van der Waals surface area contributed by atoms with Gasteiger partial charge in [0.05, 0.1) is 22.6 Å². The van der Waals surface area contributed by atoms with Crippen LogP contribution in [0.15, 0.2) is 72.6 Å². The number of hydrogen-bond acceptors (Lipinski definition) is 4. The molecule has 0 unspecified atom stereocenters. The molecule has 3 heterocycles. The molecule has 1 N–H and O–H groups in total. The predicted octanol–water partition coefficient (Wildman–Crippen LogP) is 4.88. The third-order valence-electron chi connectivity index (χ3n) is 4.19. The largest absolute Gasteiger partial charge is 0.321 e. The minimum Gasteiger partial charge on any atom is -0.321 e. The number of thiophene rings is 1. The Bertz CT molecular complexity index is 1070. The van der Waals surface area contributed by atoms with Crippen molar-refractivity contribution in [1.82, 2.24) is 14.8 Å². The second-order valence-corrected chi connectivity index (χ2v) is 7.71. The van der Waals surface area contributed by atoms with Crippen LogP contribution in [0.3, 0.4) is 0 Å². The van der Waals surface area contributed by atoms with E-state index in [-0.39, 0.29) is 5.91 Å². The molecule has 0 atom stereocenters. The third kappa shape index (κ3) is 4.65. The van der Waals surface area contributed by atoms with E-state index in [1.54, 1.807) is 29.5 Å². The molecule has 0 aliphatic rings. The molecule has 28 heavy (non-hydrogen) atoms. The van der Waals surface area contributed by atoms with Gasteiger partial charge in [-0.1, -0.05) is 23.7 Å². The zero-order valence-corrected chi connectivity index (χ0v) is 16.5. The van der Waals surface area contributed by atoms with Crippen molar-refractivity contribution in [3.05, 3.63) is 99.2 Å². The maximum Gasteiger partial charge on any atom is 0.265 e. The zero-order valence-electron chi connectivity index (χ0n) is 14.9. The standard InChI is InChI=1S/C21H17ClN4OS/c22-18-11-24-26(13-18)12-17-10-20(28-14-17)21(27)25-19-3-1-15(2-4-19)9-16-5-7-23-8-6-16/h1-8,10-11,13-14H,9,12H2,(H,25,27). The van der Waals surface area contributed by atoms with Crippen LogP contribution >= 0.6 is 22.9 Å². The van der Waals surface area contributed by atoms with Crippen LogP contribution in [0.25, 0.3) is 0 Å². The van der Waals surface area contributed by atoms with E-state index in [4.69, 9.17) is 11.6 Å². The van der Waals surface area contributed by atoms with E-state index in [0.29, 0.717) is 16.4 Å². The summed E-state index contributed by atoms with van der Waals surface area (Å²) in [4.78, 5) is 17.2. The van der Waals surface area contributed by atoms with Crippen molar-refractivity contribution >= 4 is 34.5 Å². The van der Waals surface area contributed by atoms with Crippen molar-refractivity contribution in [2.45, 2.75) is 13.0 Å². The van der Waals surface area contributed by atoms with Crippen LogP contribution in [-0.4, -0.2) is 20.7 Å². The first-order valence-corrected chi connectivity index (χ1v) is 9.96. The van der Waals surface area contributed by atoms with Crippen LogP contribution < -0.4 is 5.32 Å². The summed E-state index contributed by atoms with van der Waals surface area (Å²) in [6.07, 6.45) is 7.77. The molecule has 1 amide bonds. The molecular weight excluding hydrogens is 392 g/mol. The molecule has 0 radical (unpaired) electrons. The Hall–Kier alpha value is -2.96. The Kier molecular flexibility index (Phi) is 5.50. The summed E-state index contributed by atoms with van der Waals surface area (Å²) in [5.74, 6) is -0.114. The molecule has 0 bridgehead atoms. The van der Waals surface area contributed by atoms with Crippen molar-refractivity contribution in [2.75, 3.05) is 5.32 Å². The van der Waals surface area contributed by atoms with Crippen LogP contribution in [-0.2, 0) is 13.0 Å². The zero-order chi connectivity index (χ0) is 19.3. The highest BCUT2D eigenvalue weighted by Gasteiger charge is 2.10. The fourth-order valence-corrected chi connectivity index (χ4v) is 3.78. The molecule has 140 valence electrons. The number of amides is 1. The Morgan fingerprint density at radius 3 is 2.54 bits per heavy atom. The monoisotopic (exact) mass is 408 g/mol. The van der Waals surface area contributed by atoms with Crippen molar-refractivity contribution in [1.29, 1.82) is 0 Å². The normalized spacial score (nSPS) is 10.8. The predicted molar refractivity (Wildman–Crippen MR) is 112 cm³/mol. The molecule has 7 heteroatoms. The van der Waals surface area contributed by atoms with Gasteiger partial charge in [-0.2, -0.15) is 5.10 Å². The summed E-state index contributed by atoms with van der Waals surface area (Å²) in [6, 6.07) is 13.8. The van der Waals surface area contributed by atoms with E-state index in [9.17, 15) is 4.79 Å². The highest BCUT2D eigenvalue weighted by molar-refractivity contribution is 7.12. The van der Waals surface area contributed by atoms with Crippen LogP contribution in [0.5, 0.6) is 0 Å². The van der Waals surface area contributed by atoms with Gasteiger partial charge in [0.15, 0.2) is 0 Å². The Morgan fingerprint density at radius 2 is 1.82 bits per heavy atom. The maximum atomic E-state index is 12.5. The highest BCUT2D eigenvalue weighted by Crippen LogP contribution is 2.19. The number of carbonyl (C=O) groups excluding carboxylic acids is 1. The van der Waals surface area contributed by atoms with Crippen molar-refractivity contribution in [3.63, 3.8) is 0 Å². The van der Waals surface area contributed by atoms with Gasteiger partial charge in [-0.15, -0.1) is 11.3 Å². The molecule has 0 spiro atoms. The number of rotatable bonds is 6. The van der Waals surface area contributed by atoms with E-state index in [1.807, 2.05) is 47.8 Å². The van der Waals surface area contributed by atoms with Gasteiger partial charge in [0.25, 0.3) is 5.91 Å². The molecule has 5 nitrogen and oxygen atoms in total. The second kappa shape index (κ2) is 8.37. The average Bonchev–Trinajstić information content (AvgIpc) is 3.33. The molecule has 3 aromatic heterocycles. The Labute approximate surface area is 171 Å². The van der Waals surface area contributed by atoms with Crippen molar-refractivity contribution in [3.8, 4) is 0 Å². The number of pyridine rings is 1. The molecule has 1 aromatic carbocycles. The summed E-state index contributed by atoms with van der Waals surface area (Å²) in [7, 11) is 0. The summed E-state index contributed by atoms with van der Waals surface area (Å²) in [5.41, 5.74) is 4.18. The van der Waals surface area contributed by atoms with Gasteiger partial charge >= 0.3 is 0 Å². The molecule has 0 fully saturated rings. The van der Waals surface area contributed by atoms with Gasteiger partial charge in [0.2, 0.25) is 0 Å². The third-order valence-corrected chi connectivity index (χ3v) is 5.37. The number of anilines is 1. The fourth-order valence-electron chi connectivity index (χ4n) is 2.82. The van der Waals surface area contributed by atoms with Gasteiger partial charge in [0, 0.05) is 24.3 Å². The van der Waals surface area contributed by atoms with Crippen LogP contribution in [0.1, 0.15) is 26.4 Å². The number of aromatic nitrogens is 3. The van der Waals surface area contributed by atoms with Gasteiger partial charge in [-0.05, 0) is 58.8 Å². The molecule has 4 aromatic rings. The summed E-state index contributed by atoms with van der Waals surface area (Å²) in [5, 5.41) is 9.66. The summed E-state index contributed by atoms with van der Waals surface area (Å²) < 4.78 is 1.74. The van der Waals surface area contributed by atoms with E-state index in [2.05, 4.69) is 15.4 Å². The minimum absolute atomic E-state index is 0.114. The second-order valence-electron chi connectivity index (χ2n) is 6.36. The lowest BCUT2D eigenvalue weighted by atomic mass is 10.1. The average molecular weight is 409 g/mol. The van der Waals surface area contributed by atoms with Crippen LogP contribution in [0.2, 0.25) is 5.02 Å². The molecule has 0 aliphatic heterocycles. The Balaban J connectivity index is 1.37. The minimum atomic E-state index is -0.114. The van der Waals surface area contributed by atoms with E-state index in [0.717, 1.165) is 17.7 Å². The summed E-state index contributed by atoms with van der Waals surface area (Å²) >= 11 is 7.30. The number of nitrogens with zero attached hydrogens (tertiary/aromatic N) is 3. The molecule has 4 rings (SSSR count). The van der Waals surface area contributed by atoms with Crippen molar-refractivity contribution in [2.24, 2.45) is 0 Å². The van der Waals surface area contributed by atoms with Crippen molar-refractivity contribution < 1.29 is 4.79 Å². The number of hydrogen-bond donors (Lipinski definition) is 1. The Morgan fingerprint density at radius 1 is 1.07 bits per heavy atom. The molecule has 0 saturated heterocycles. The van der Waals surface area contributed by atoms with E-state index in [1.165, 1.54) is 22.5 Å². The number of nitrogens with one attached hydrogen (secondary N) is 1. The molecule has 0 aliphatic carbocycles. The number of benzene rings is 1. The maximum absolute atomic E-state index is 12.5. The fraction of sp³-hybridized carbons (Fsp3) is 0.0952. The highest BCUT2D eigenvalue weighted by atomic mass is 35.5. The molecule has 0 saturated carbocycles. The SMILES string of the molecule is O=C(Nc1ccc(Cc2ccncc2)cc1)c1cc(Cn2cc(Cl)cn2)cs1. The topological polar surface area (TPSA) is 59.8 Å². The number of carbonyl (C=O) groups is 1. The first-order chi connectivity index (χ1) is 13.7. The van der Waals surface area contributed by atoms with E-state index < -0.39 is 0 Å². The quantitative estimate of drug-likeness (QED) is 0.494. The number of halogens is 1. The smallest absolute Gasteiger partial charge is 0.265 e. The van der Waals surface area contributed by atoms with Crippen LogP contribution in [0.4, 0.5) is 5.69 Å². The van der Waals surface area contributed by atoms with Crippen LogP contribution in [0, 0.1) is 0 Å². The van der Waals surface area contributed by atoms with Gasteiger partial charge in [-0.3, -0.25) is 14.5 Å². The molecular formula is C21H17ClN4OS. The van der Waals surface area contributed by atoms with E-state index >= 15 is 0 Å². The first-order valence-electron chi connectivity index (χ1n) is 8.70. The summed E-state index contributed by atoms with van der Waals surface area (Å²) in [6.45, 7) is 0.584.